The van der Waals surface area contributed by atoms with E-state index in [1.165, 1.54) is 16.5 Å². The van der Waals surface area contributed by atoms with Crippen molar-refractivity contribution in [2.24, 2.45) is 0 Å². The Morgan fingerprint density at radius 1 is 1.31 bits per heavy atom. The maximum Gasteiger partial charge on any atom is 0.134 e. The van der Waals surface area contributed by atoms with Gasteiger partial charge in [-0.1, -0.05) is 29.8 Å². The second-order valence-corrected chi connectivity index (χ2v) is 4.17. The van der Waals surface area contributed by atoms with E-state index >= 15 is 0 Å². The Balaban J connectivity index is 2.02. The Morgan fingerprint density at radius 3 is 2.94 bits per heavy atom. The van der Waals surface area contributed by atoms with E-state index in [-0.39, 0.29) is 0 Å². The minimum atomic E-state index is 0.848. The second-order valence-electron chi connectivity index (χ2n) is 4.17. The summed E-state index contributed by atoms with van der Waals surface area (Å²) in [5.74, 6) is 0. The third-order valence-corrected chi connectivity index (χ3v) is 2.53. The third kappa shape index (κ3) is 2.52. The van der Waals surface area contributed by atoms with Gasteiger partial charge in [-0.25, -0.2) is 0 Å². The van der Waals surface area contributed by atoms with Gasteiger partial charge in [-0.05, 0) is 19.9 Å². The zero-order chi connectivity index (χ0) is 11.4. The number of hydrogen-bond donors (Lipinski definition) is 1. The lowest BCUT2D eigenvalue weighted by Crippen LogP contribution is -2.12. The molecule has 0 aliphatic carbocycles. The first kappa shape index (κ1) is 11.0. The summed E-state index contributed by atoms with van der Waals surface area (Å²) >= 11 is 0. The fourth-order valence-corrected chi connectivity index (χ4v) is 1.65. The van der Waals surface area contributed by atoms with E-state index in [0.717, 1.165) is 18.7 Å². The molecule has 1 aromatic carbocycles. The van der Waals surface area contributed by atoms with Crippen molar-refractivity contribution >= 4 is 11.0 Å². The minimum absolute atomic E-state index is 0.848. The number of fused-ring (bicyclic) bond motifs is 1. The molecule has 0 unspecified atom stereocenters. The SMILES string of the molecule is CC(C)=CCNCc1coc2ccccc12. The van der Waals surface area contributed by atoms with Gasteiger partial charge in [0.25, 0.3) is 0 Å². The van der Waals surface area contributed by atoms with Crippen molar-refractivity contribution in [1.29, 1.82) is 0 Å². The van der Waals surface area contributed by atoms with Crippen LogP contribution in [-0.2, 0) is 6.54 Å². The van der Waals surface area contributed by atoms with Crippen LogP contribution in [0.5, 0.6) is 0 Å². The van der Waals surface area contributed by atoms with Gasteiger partial charge in [-0.15, -0.1) is 0 Å². The van der Waals surface area contributed by atoms with Gasteiger partial charge in [0.1, 0.15) is 5.58 Å². The minimum Gasteiger partial charge on any atom is -0.464 e. The molecule has 0 aliphatic rings. The van der Waals surface area contributed by atoms with Gasteiger partial charge < -0.3 is 9.73 Å². The van der Waals surface area contributed by atoms with Crippen LogP contribution in [0.2, 0.25) is 0 Å². The van der Waals surface area contributed by atoms with Gasteiger partial charge in [-0.2, -0.15) is 0 Å². The van der Waals surface area contributed by atoms with Crippen LogP contribution in [-0.4, -0.2) is 6.54 Å². The molecule has 0 saturated heterocycles. The summed E-state index contributed by atoms with van der Waals surface area (Å²) in [5.41, 5.74) is 3.52. The highest BCUT2D eigenvalue weighted by atomic mass is 16.3. The van der Waals surface area contributed by atoms with Crippen molar-refractivity contribution in [1.82, 2.24) is 5.32 Å². The number of benzene rings is 1. The van der Waals surface area contributed by atoms with E-state index in [0.29, 0.717) is 0 Å². The van der Waals surface area contributed by atoms with Crippen LogP contribution in [0.15, 0.2) is 46.6 Å². The summed E-state index contributed by atoms with van der Waals surface area (Å²) in [6.07, 6.45) is 4.02. The van der Waals surface area contributed by atoms with Crippen molar-refractivity contribution in [3.8, 4) is 0 Å². The summed E-state index contributed by atoms with van der Waals surface area (Å²) in [7, 11) is 0. The average Bonchev–Trinajstić information content (AvgIpc) is 2.68. The largest absolute Gasteiger partial charge is 0.464 e. The second kappa shape index (κ2) is 4.99. The Kier molecular flexibility index (Phi) is 3.42. The Bertz CT molecular complexity index is 492. The molecule has 0 atom stereocenters. The quantitative estimate of drug-likeness (QED) is 0.624. The van der Waals surface area contributed by atoms with Gasteiger partial charge in [-0.3, -0.25) is 0 Å². The maximum atomic E-state index is 5.47. The molecular formula is C14H17NO. The summed E-state index contributed by atoms with van der Waals surface area (Å²) in [4.78, 5) is 0. The molecule has 0 bridgehead atoms. The Morgan fingerprint density at radius 2 is 2.12 bits per heavy atom. The summed E-state index contributed by atoms with van der Waals surface area (Å²) < 4.78 is 5.47. The van der Waals surface area contributed by atoms with Crippen molar-refractivity contribution < 1.29 is 4.42 Å². The topological polar surface area (TPSA) is 25.2 Å². The average molecular weight is 215 g/mol. The normalized spacial score (nSPS) is 10.6. The van der Waals surface area contributed by atoms with Crippen molar-refractivity contribution in [3.63, 3.8) is 0 Å². The standard InChI is InChI=1S/C14H17NO/c1-11(2)7-8-15-9-12-10-16-14-6-4-3-5-13(12)14/h3-7,10,15H,8-9H2,1-2H3. The monoisotopic (exact) mass is 215 g/mol. The van der Waals surface area contributed by atoms with Crippen LogP contribution in [0, 0.1) is 0 Å². The highest BCUT2D eigenvalue weighted by molar-refractivity contribution is 5.80. The molecule has 2 aromatic rings. The lowest BCUT2D eigenvalue weighted by atomic mass is 10.2. The van der Waals surface area contributed by atoms with Crippen LogP contribution >= 0.6 is 0 Å². The molecule has 0 fully saturated rings. The number of para-hydroxylation sites is 1. The molecule has 1 N–H and O–H groups in total. The Labute approximate surface area is 96.0 Å². The molecule has 0 amide bonds. The number of rotatable bonds is 4. The fourth-order valence-electron chi connectivity index (χ4n) is 1.65. The summed E-state index contributed by atoms with van der Waals surface area (Å²) in [6.45, 7) is 5.96. The fraction of sp³-hybridized carbons (Fsp3) is 0.286. The van der Waals surface area contributed by atoms with Gasteiger partial charge in [0.15, 0.2) is 0 Å². The van der Waals surface area contributed by atoms with Crippen molar-refractivity contribution in [2.75, 3.05) is 6.54 Å². The molecule has 0 saturated carbocycles. The van der Waals surface area contributed by atoms with E-state index in [9.17, 15) is 0 Å². The lowest BCUT2D eigenvalue weighted by Gasteiger charge is -1.99. The molecule has 2 rings (SSSR count). The zero-order valence-corrected chi connectivity index (χ0v) is 9.79. The Hall–Kier alpha value is -1.54. The van der Waals surface area contributed by atoms with Crippen LogP contribution in [0.25, 0.3) is 11.0 Å². The van der Waals surface area contributed by atoms with Crippen molar-refractivity contribution in [3.05, 3.63) is 47.7 Å². The number of nitrogens with one attached hydrogen (secondary N) is 1. The first-order valence-corrected chi connectivity index (χ1v) is 5.56. The van der Waals surface area contributed by atoms with Crippen LogP contribution < -0.4 is 5.32 Å². The van der Waals surface area contributed by atoms with E-state index in [4.69, 9.17) is 4.42 Å². The molecule has 0 radical (unpaired) electrons. The maximum absolute atomic E-state index is 5.47. The smallest absolute Gasteiger partial charge is 0.134 e. The predicted octanol–water partition coefficient (Wildman–Crippen LogP) is 3.49. The summed E-state index contributed by atoms with van der Waals surface area (Å²) in [6, 6.07) is 8.12. The van der Waals surface area contributed by atoms with Gasteiger partial charge >= 0.3 is 0 Å². The molecule has 1 heterocycles. The molecule has 1 aromatic heterocycles. The zero-order valence-electron chi connectivity index (χ0n) is 9.79. The number of allylic oxidation sites excluding steroid dienone is 1. The summed E-state index contributed by atoms with van der Waals surface area (Å²) in [5, 5.41) is 4.58. The highest BCUT2D eigenvalue weighted by Crippen LogP contribution is 2.20. The number of hydrogen-bond acceptors (Lipinski definition) is 2. The van der Waals surface area contributed by atoms with E-state index in [1.54, 1.807) is 0 Å². The lowest BCUT2D eigenvalue weighted by molar-refractivity contribution is 0.606. The van der Waals surface area contributed by atoms with Crippen molar-refractivity contribution in [2.45, 2.75) is 20.4 Å². The van der Waals surface area contributed by atoms with E-state index < -0.39 is 0 Å². The van der Waals surface area contributed by atoms with Gasteiger partial charge in [0, 0.05) is 24.0 Å². The van der Waals surface area contributed by atoms with E-state index in [2.05, 4.69) is 31.3 Å². The first-order valence-electron chi connectivity index (χ1n) is 5.56. The highest BCUT2D eigenvalue weighted by Gasteiger charge is 2.03. The molecule has 0 spiro atoms. The molecule has 2 heteroatoms. The number of furan rings is 1. The molecule has 84 valence electrons. The molecule has 16 heavy (non-hydrogen) atoms. The van der Waals surface area contributed by atoms with Crippen LogP contribution in [0.3, 0.4) is 0 Å². The van der Waals surface area contributed by atoms with Gasteiger partial charge in [0.05, 0.1) is 6.26 Å². The molecule has 2 nitrogen and oxygen atoms in total. The molecule has 0 aliphatic heterocycles. The molecular weight excluding hydrogens is 198 g/mol. The first-order chi connectivity index (χ1) is 7.77. The van der Waals surface area contributed by atoms with E-state index in [1.807, 2.05) is 24.5 Å². The van der Waals surface area contributed by atoms with Crippen LogP contribution in [0.4, 0.5) is 0 Å². The predicted molar refractivity (Wildman–Crippen MR) is 67.4 cm³/mol. The van der Waals surface area contributed by atoms with Gasteiger partial charge in [0.2, 0.25) is 0 Å². The van der Waals surface area contributed by atoms with Crippen LogP contribution in [0.1, 0.15) is 19.4 Å². The third-order valence-electron chi connectivity index (χ3n) is 2.53.